The second kappa shape index (κ2) is 10.7. The number of hydrogen-bond donors (Lipinski definition) is 2. The predicted molar refractivity (Wildman–Crippen MR) is 146 cm³/mol. The van der Waals surface area contributed by atoms with Gasteiger partial charge < -0.3 is 15.5 Å². The van der Waals surface area contributed by atoms with Crippen molar-refractivity contribution in [2.24, 2.45) is 5.92 Å². The summed E-state index contributed by atoms with van der Waals surface area (Å²) in [6.45, 7) is 5.09. The first-order valence-electron chi connectivity index (χ1n) is 13.3. The van der Waals surface area contributed by atoms with Crippen molar-refractivity contribution in [3.63, 3.8) is 0 Å². The highest BCUT2D eigenvalue weighted by molar-refractivity contribution is 5.94. The molecule has 1 aliphatic carbocycles. The third kappa shape index (κ3) is 5.55. The van der Waals surface area contributed by atoms with E-state index in [1.165, 1.54) is 16.8 Å². The highest BCUT2D eigenvalue weighted by Crippen LogP contribution is 2.30. The van der Waals surface area contributed by atoms with Crippen molar-refractivity contribution in [1.82, 2.24) is 24.3 Å². The molecule has 1 saturated carbocycles. The Labute approximate surface area is 225 Å². The van der Waals surface area contributed by atoms with E-state index in [9.17, 15) is 19.2 Å². The van der Waals surface area contributed by atoms with Crippen LogP contribution in [0.3, 0.4) is 0 Å². The molecule has 3 heterocycles. The summed E-state index contributed by atoms with van der Waals surface area (Å²) in [6, 6.07) is 9.30. The second-order valence-corrected chi connectivity index (χ2v) is 10.6. The van der Waals surface area contributed by atoms with Gasteiger partial charge in [0.15, 0.2) is 0 Å². The molecule has 3 aromatic rings. The van der Waals surface area contributed by atoms with Gasteiger partial charge in [0.05, 0.1) is 16.5 Å². The number of likely N-dealkylation sites (tertiary alicyclic amines) is 1. The quantitative estimate of drug-likeness (QED) is 0.503. The van der Waals surface area contributed by atoms with Gasteiger partial charge >= 0.3 is 11.7 Å². The second-order valence-electron chi connectivity index (χ2n) is 10.6. The lowest BCUT2D eigenvalue weighted by Crippen LogP contribution is -2.50. The van der Waals surface area contributed by atoms with Crippen LogP contribution in [0.1, 0.15) is 61.6 Å². The Morgan fingerprint density at radius 1 is 1.15 bits per heavy atom. The summed E-state index contributed by atoms with van der Waals surface area (Å²) in [7, 11) is 0. The zero-order chi connectivity index (χ0) is 27.7. The Morgan fingerprint density at radius 2 is 1.95 bits per heavy atom. The summed E-state index contributed by atoms with van der Waals surface area (Å²) < 4.78 is 2.96. The molecule has 2 aliphatic rings. The Bertz CT molecular complexity index is 1580. The Kier molecular flexibility index (Phi) is 7.19. The van der Waals surface area contributed by atoms with Gasteiger partial charge in [-0.05, 0) is 75.8 Å². The zero-order valence-corrected chi connectivity index (χ0v) is 22.0. The van der Waals surface area contributed by atoms with Gasteiger partial charge in [-0.25, -0.2) is 14.6 Å². The number of anilines is 1. The van der Waals surface area contributed by atoms with Crippen LogP contribution in [-0.2, 0) is 6.54 Å². The van der Waals surface area contributed by atoms with E-state index < -0.39 is 0 Å². The number of nitrogens with zero attached hydrogens (tertiary/aromatic N) is 5. The molecule has 3 amide bonds. The molecule has 1 saturated heterocycles. The van der Waals surface area contributed by atoms with Crippen molar-refractivity contribution in [2.75, 3.05) is 18.4 Å². The number of hydrogen-bond acceptors (Lipinski definition) is 6. The SMILES string of the molecule is CC(C)n1c(=O)n(CC2CC2)c(=O)c2cc(NC(=O)N3CCC[C@@H](NC(=O)c4ccc(C#N)nc4)C3)ccc21. The molecule has 0 spiro atoms. The molecule has 1 aromatic carbocycles. The minimum atomic E-state index is -0.340. The van der Waals surface area contributed by atoms with E-state index in [1.807, 2.05) is 19.9 Å². The van der Waals surface area contributed by atoms with E-state index >= 15 is 0 Å². The molecular weight excluding hydrogens is 498 g/mol. The van der Waals surface area contributed by atoms with Gasteiger partial charge in [0.1, 0.15) is 11.8 Å². The maximum atomic E-state index is 13.3. The van der Waals surface area contributed by atoms with E-state index in [4.69, 9.17) is 5.26 Å². The fourth-order valence-electron chi connectivity index (χ4n) is 5.02. The third-order valence-corrected chi connectivity index (χ3v) is 7.26. The first-order chi connectivity index (χ1) is 18.7. The molecule has 0 bridgehead atoms. The predicted octanol–water partition coefficient (Wildman–Crippen LogP) is 2.85. The average molecular weight is 530 g/mol. The molecule has 2 aromatic heterocycles. The summed E-state index contributed by atoms with van der Waals surface area (Å²) in [5.41, 5.74) is 0.945. The number of carbonyl (C=O) groups excluding carboxylic acids is 2. The molecule has 0 unspecified atom stereocenters. The standard InChI is InChI=1S/C28H31N7O4/c1-17(2)35-24-10-9-20(12-23(24)26(37)34(28(35)39)15-18-5-6-18)32-27(38)33-11-3-4-22(16-33)31-25(36)19-7-8-21(13-29)30-14-19/h7-10,12,14,17-18,22H,3-6,11,15-16H2,1-2H3,(H,31,36)(H,32,38)/t22-/m1/s1. The smallest absolute Gasteiger partial charge is 0.331 e. The lowest BCUT2D eigenvalue weighted by atomic mass is 10.1. The molecule has 1 atom stereocenters. The summed E-state index contributed by atoms with van der Waals surface area (Å²) in [4.78, 5) is 57.7. The van der Waals surface area contributed by atoms with Gasteiger partial charge in [-0.1, -0.05) is 0 Å². The molecule has 2 N–H and O–H groups in total. The number of piperidine rings is 1. The third-order valence-electron chi connectivity index (χ3n) is 7.26. The monoisotopic (exact) mass is 529 g/mol. The van der Waals surface area contributed by atoms with Crippen LogP contribution in [0.4, 0.5) is 10.5 Å². The number of aromatic nitrogens is 3. The Morgan fingerprint density at radius 3 is 2.62 bits per heavy atom. The molecule has 39 heavy (non-hydrogen) atoms. The largest absolute Gasteiger partial charge is 0.347 e. The van der Waals surface area contributed by atoms with Gasteiger partial charge in [-0.2, -0.15) is 5.26 Å². The van der Waals surface area contributed by atoms with Crippen molar-refractivity contribution >= 4 is 28.5 Å². The number of pyridine rings is 1. The minimum absolute atomic E-state index is 0.132. The van der Waals surface area contributed by atoms with Crippen molar-refractivity contribution in [2.45, 2.75) is 58.2 Å². The average Bonchev–Trinajstić information content (AvgIpc) is 3.76. The van der Waals surface area contributed by atoms with E-state index in [2.05, 4.69) is 15.6 Å². The van der Waals surface area contributed by atoms with Crippen LogP contribution in [0.25, 0.3) is 10.9 Å². The Balaban J connectivity index is 1.31. The topological polar surface area (TPSA) is 142 Å². The zero-order valence-electron chi connectivity index (χ0n) is 22.0. The van der Waals surface area contributed by atoms with E-state index in [0.29, 0.717) is 54.1 Å². The maximum absolute atomic E-state index is 13.3. The molecule has 2 fully saturated rings. The number of nitrogens with one attached hydrogen (secondary N) is 2. The molecular formula is C28H31N7O4. The van der Waals surface area contributed by atoms with E-state index in [1.54, 1.807) is 33.7 Å². The number of nitriles is 1. The van der Waals surface area contributed by atoms with Crippen LogP contribution in [0.5, 0.6) is 0 Å². The minimum Gasteiger partial charge on any atom is -0.347 e. The van der Waals surface area contributed by atoms with Crippen LogP contribution in [0.15, 0.2) is 46.1 Å². The van der Waals surface area contributed by atoms with Crippen LogP contribution in [0.2, 0.25) is 0 Å². The molecule has 5 rings (SSSR count). The van der Waals surface area contributed by atoms with Crippen LogP contribution in [-0.4, -0.2) is 50.1 Å². The number of amides is 3. The Hall–Kier alpha value is -4.46. The maximum Gasteiger partial charge on any atom is 0.331 e. The van der Waals surface area contributed by atoms with Gasteiger partial charge in [0.2, 0.25) is 0 Å². The van der Waals surface area contributed by atoms with Gasteiger partial charge in [-0.15, -0.1) is 0 Å². The summed E-state index contributed by atoms with van der Waals surface area (Å²) >= 11 is 0. The van der Waals surface area contributed by atoms with Gasteiger partial charge in [-0.3, -0.25) is 18.7 Å². The van der Waals surface area contributed by atoms with Crippen molar-refractivity contribution in [1.29, 1.82) is 5.26 Å². The highest BCUT2D eigenvalue weighted by atomic mass is 16.2. The number of fused-ring (bicyclic) bond motifs is 1. The van der Waals surface area contributed by atoms with Crippen molar-refractivity contribution in [3.05, 3.63) is 68.6 Å². The molecule has 1 aliphatic heterocycles. The first-order valence-corrected chi connectivity index (χ1v) is 13.3. The molecule has 202 valence electrons. The first kappa shape index (κ1) is 26.2. The highest BCUT2D eigenvalue weighted by Gasteiger charge is 2.27. The molecule has 11 heteroatoms. The summed E-state index contributed by atoms with van der Waals surface area (Å²) in [5.74, 6) is 0.0458. The number of urea groups is 1. The van der Waals surface area contributed by atoms with Crippen LogP contribution < -0.4 is 21.9 Å². The van der Waals surface area contributed by atoms with Crippen molar-refractivity contribution < 1.29 is 9.59 Å². The molecule has 0 radical (unpaired) electrons. The number of rotatable bonds is 6. The van der Waals surface area contributed by atoms with E-state index in [-0.39, 0.29) is 41.0 Å². The van der Waals surface area contributed by atoms with Crippen LogP contribution in [0, 0.1) is 17.2 Å². The fourth-order valence-corrected chi connectivity index (χ4v) is 5.02. The van der Waals surface area contributed by atoms with E-state index in [0.717, 1.165) is 19.3 Å². The fraction of sp³-hybridized carbons (Fsp3) is 0.429. The van der Waals surface area contributed by atoms with Crippen LogP contribution >= 0.6 is 0 Å². The number of carbonyl (C=O) groups is 2. The number of benzene rings is 1. The normalized spacial score (nSPS) is 17.2. The lowest BCUT2D eigenvalue weighted by molar-refractivity contribution is 0.0912. The lowest BCUT2D eigenvalue weighted by Gasteiger charge is -2.33. The summed E-state index contributed by atoms with van der Waals surface area (Å²) in [6.07, 6.45) is 4.84. The van der Waals surface area contributed by atoms with Gasteiger partial charge in [0.25, 0.3) is 11.5 Å². The van der Waals surface area contributed by atoms with Crippen molar-refractivity contribution in [3.8, 4) is 6.07 Å². The van der Waals surface area contributed by atoms with Gasteiger partial charge in [0, 0.05) is 43.6 Å². The summed E-state index contributed by atoms with van der Waals surface area (Å²) in [5, 5.41) is 15.1. The molecule has 11 nitrogen and oxygen atoms in total.